The highest BCUT2D eigenvalue weighted by atomic mass is 16.5. The molecule has 1 aliphatic rings. The van der Waals surface area contributed by atoms with E-state index in [1.54, 1.807) is 0 Å². The van der Waals surface area contributed by atoms with Crippen LogP contribution in [0.3, 0.4) is 0 Å². The van der Waals surface area contributed by atoms with Crippen LogP contribution in [0.5, 0.6) is 0 Å². The Kier molecular flexibility index (Phi) is 3.71. The molecule has 1 fully saturated rings. The number of nitrogens with one attached hydrogen (secondary N) is 1. The van der Waals surface area contributed by atoms with Crippen LogP contribution in [-0.2, 0) is 9.53 Å². The second-order valence-corrected chi connectivity index (χ2v) is 5.54. The summed E-state index contributed by atoms with van der Waals surface area (Å²) in [6.45, 7) is 3.74. The zero-order chi connectivity index (χ0) is 13.2. The highest BCUT2D eigenvalue weighted by Crippen LogP contribution is 2.37. The Labute approximate surface area is 109 Å². The second kappa shape index (κ2) is 5.11. The smallest absolute Gasteiger partial charge is 0.325 e. The van der Waals surface area contributed by atoms with Crippen LogP contribution in [0.1, 0.15) is 38.2 Å². The van der Waals surface area contributed by atoms with E-state index in [9.17, 15) is 4.79 Å². The zero-order valence-electron chi connectivity index (χ0n) is 11.3. The lowest BCUT2D eigenvalue weighted by molar-refractivity contribution is -0.147. The van der Waals surface area contributed by atoms with Crippen molar-refractivity contribution in [2.24, 2.45) is 0 Å². The summed E-state index contributed by atoms with van der Waals surface area (Å²) in [6, 6.07) is 10.9. The number of methoxy groups -OCH3 is 1. The van der Waals surface area contributed by atoms with Crippen molar-refractivity contribution in [3.63, 3.8) is 0 Å². The molecule has 1 saturated carbocycles. The third kappa shape index (κ3) is 2.72. The van der Waals surface area contributed by atoms with E-state index in [1.807, 2.05) is 19.9 Å². The van der Waals surface area contributed by atoms with Gasteiger partial charge in [-0.05, 0) is 38.2 Å². The van der Waals surface area contributed by atoms with Gasteiger partial charge in [0.15, 0.2) is 0 Å². The van der Waals surface area contributed by atoms with Crippen molar-refractivity contribution in [2.75, 3.05) is 7.11 Å². The largest absolute Gasteiger partial charge is 0.468 e. The minimum absolute atomic E-state index is 0.203. The molecule has 0 heterocycles. The quantitative estimate of drug-likeness (QED) is 0.831. The number of rotatable bonds is 4. The van der Waals surface area contributed by atoms with Crippen molar-refractivity contribution in [2.45, 2.75) is 44.2 Å². The number of carbonyl (C=O) groups excluding carboxylic acids is 1. The van der Waals surface area contributed by atoms with Gasteiger partial charge < -0.3 is 4.74 Å². The molecule has 1 N–H and O–H groups in total. The maximum absolute atomic E-state index is 11.6. The lowest BCUT2D eigenvalue weighted by atomic mass is 9.75. The molecule has 0 atom stereocenters. The van der Waals surface area contributed by atoms with Crippen LogP contribution in [0, 0.1) is 0 Å². The van der Waals surface area contributed by atoms with Crippen LogP contribution in [0.4, 0.5) is 0 Å². The van der Waals surface area contributed by atoms with Gasteiger partial charge in [-0.2, -0.15) is 0 Å². The summed E-state index contributed by atoms with van der Waals surface area (Å²) in [6.07, 6.45) is 2.18. The SMILES string of the molecule is COC(=O)C(C)(C)NC1CC(c2ccccc2)C1. The average Bonchev–Trinajstić information content (AvgIpc) is 2.33. The van der Waals surface area contributed by atoms with Gasteiger partial charge in [0.1, 0.15) is 5.54 Å². The van der Waals surface area contributed by atoms with Gasteiger partial charge in [0.05, 0.1) is 7.11 Å². The van der Waals surface area contributed by atoms with Gasteiger partial charge in [0, 0.05) is 6.04 Å². The molecule has 1 aromatic carbocycles. The van der Waals surface area contributed by atoms with Crippen molar-refractivity contribution in [3.8, 4) is 0 Å². The molecular weight excluding hydrogens is 226 g/mol. The lowest BCUT2D eigenvalue weighted by Crippen LogP contribution is -2.55. The van der Waals surface area contributed by atoms with Crippen molar-refractivity contribution in [3.05, 3.63) is 35.9 Å². The van der Waals surface area contributed by atoms with E-state index in [0.717, 1.165) is 12.8 Å². The first-order valence-corrected chi connectivity index (χ1v) is 6.44. The van der Waals surface area contributed by atoms with Gasteiger partial charge in [0.25, 0.3) is 0 Å². The molecule has 1 aliphatic carbocycles. The monoisotopic (exact) mass is 247 g/mol. The Bertz CT molecular complexity index is 408. The fraction of sp³-hybridized carbons (Fsp3) is 0.533. The van der Waals surface area contributed by atoms with E-state index in [-0.39, 0.29) is 5.97 Å². The topological polar surface area (TPSA) is 38.3 Å². The van der Waals surface area contributed by atoms with Gasteiger partial charge >= 0.3 is 5.97 Å². The van der Waals surface area contributed by atoms with E-state index >= 15 is 0 Å². The normalized spacial score (nSPS) is 23.3. The Balaban J connectivity index is 1.85. The average molecular weight is 247 g/mol. The van der Waals surface area contributed by atoms with E-state index in [4.69, 9.17) is 4.74 Å². The standard InChI is InChI=1S/C15H21NO2/c1-15(2,14(17)18-3)16-13-9-12(10-13)11-7-5-4-6-8-11/h4-8,12-13,16H,9-10H2,1-3H3. The summed E-state index contributed by atoms with van der Waals surface area (Å²) < 4.78 is 4.79. The molecular formula is C15H21NO2. The van der Waals surface area contributed by atoms with Crippen LogP contribution >= 0.6 is 0 Å². The molecule has 3 nitrogen and oxygen atoms in total. The highest BCUT2D eigenvalue weighted by molar-refractivity contribution is 5.79. The summed E-state index contributed by atoms with van der Waals surface area (Å²) in [7, 11) is 1.43. The van der Waals surface area contributed by atoms with Crippen LogP contribution < -0.4 is 5.32 Å². The molecule has 0 saturated heterocycles. The Morgan fingerprint density at radius 3 is 2.44 bits per heavy atom. The lowest BCUT2D eigenvalue weighted by Gasteiger charge is -2.40. The minimum atomic E-state index is -0.596. The Morgan fingerprint density at radius 1 is 1.28 bits per heavy atom. The summed E-state index contributed by atoms with van der Waals surface area (Å²) in [4.78, 5) is 11.6. The van der Waals surface area contributed by atoms with E-state index < -0.39 is 5.54 Å². The first-order chi connectivity index (χ1) is 8.53. The molecule has 0 unspecified atom stereocenters. The highest BCUT2D eigenvalue weighted by Gasteiger charge is 2.37. The van der Waals surface area contributed by atoms with Gasteiger partial charge in [0.2, 0.25) is 0 Å². The predicted octanol–water partition coefficient (Wildman–Crippen LogP) is 2.47. The number of hydrogen-bond acceptors (Lipinski definition) is 3. The van der Waals surface area contributed by atoms with Crippen molar-refractivity contribution in [1.82, 2.24) is 5.32 Å². The molecule has 1 aromatic rings. The summed E-state index contributed by atoms with van der Waals surface area (Å²) in [5.74, 6) is 0.419. The third-order valence-electron chi connectivity index (χ3n) is 3.67. The molecule has 2 rings (SSSR count). The number of ether oxygens (including phenoxy) is 1. The van der Waals surface area contributed by atoms with Crippen LogP contribution in [-0.4, -0.2) is 24.7 Å². The molecule has 98 valence electrons. The first kappa shape index (κ1) is 13.1. The fourth-order valence-corrected chi connectivity index (χ4v) is 2.56. The van der Waals surface area contributed by atoms with Crippen LogP contribution in [0.15, 0.2) is 30.3 Å². The molecule has 0 bridgehead atoms. The number of carbonyl (C=O) groups is 1. The third-order valence-corrected chi connectivity index (χ3v) is 3.67. The number of benzene rings is 1. The van der Waals surface area contributed by atoms with Gasteiger partial charge in [-0.15, -0.1) is 0 Å². The maximum atomic E-state index is 11.6. The molecule has 0 aromatic heterocycles. The van der Waals surface area contributed by atoms with E-state index in [2.05, 4.69) is 29.6 Å². The Morgan fingerprint density at radius 2 is 1.89 bits per heavy atom. The fourth-order valence-electron chi connectivity index (χ4n) is 2.56. The molecule has 0 radical (unpaired) electrons. The molecule has 3 heteroatoms. The molecule has 0 amide bonds. The minimum Gasteiger partial charge on any atom is -0.468 e. The predicted molar refractivity (Wildman–Crippen MR) is 71.4 cm³/mol. The van der Waals surface area contributed by atoms with Crippen LogP contribution in [0.2, 0.25) is 0 Å². The van der Waals surface area contributed by atoms with Crippen molar-refractivity contribution < 1.29 is 9.53 Å². The Hall–Kier alpha value is -1.35. The summed E-state index contributed by atoms with van der Waals surface area (Å²) >= 11 is 0. The van der Waals surface area contributed by atoms with E-state index in [1.165, 1.54) is 12.7 Å². The van der Waals surface area contributed by atoms with Gasteiger partial charge in [-0.25, -0.2) is 0 Å². The molecule has 0 aliphatic heterocycles. The van der Waals surface area contributed by atoms with Crippen molar-refractivity contribution in [1.29, 1.82) is 0 Å². The molecule has 18 heavy (non-hydrogen) atoms. The van der Waals surface area contributed by atoms with Gasteiger partial charge in [-0.3, -0.25) is 10.1 Å². The van der Waals surface area contributed by atoms with Crippen molar-refractivity contribution >= 4 is 5.97 Å². The van der Waals surface area contributed by atoms with Gasteiger partial charge in [-0.1, -0.05) is 30.3 Å². The number of esters is 1. The van der Waals surface area contributed by atoms with E-state index in [0.29, 0.717) is 12.0 Å². The maximum Gasteiger partial charge on any atom is 0.325 e. The number of hydrogen-bond donors (Lipinski definition) is 1. The molecule has 0 spiro atoms. The first-order valence-electron chi connectivity index (χ1n) is 6.44. The summed E-state index contributed by atoms with van der Waals surface area (Å²) in [5, 5.41) is 3.37. The summed E-state index contributed by atoms with van der Waals surface area (Å²) in [5.41, 5.74) is 0.799. The zero-order valence-corrected chi connectivity index (χ0v) is 11.3. The van der Waals surface area contributed by atoms with Crippen LogP contribution in [0.25, 0.3) is 0 Å². The second-order valence-electron chi connectivity index (χ2n) is 5.54.